The highest BCUT2D eigenvalue weighted by Crippen LogP contribution is 2.47. The third-order valence-corrected chi connectivity index (χ3v) is 6.77. The van der Waals surface area contributed by atoms with Crippen LogP contribution in [0, 0.1) is 0 Å². The topological polar surface area (TPSA) is 108 Å². The number of methoxy groups -OCH3 is 2. The fourth-order valence-corrected chi connectivity index (χ4v) is 4.76. The summed E-state index contributed by atoms with van der Waals surface area (Å²) in [6, 6.07) is -0.474. The zero-order chi connectivity index (χ0) is 22.5. The summed E-state index contributed by atoms with van der Waals surface area (Å²) in [5, 5.41) is 10.4. The molecule has 0 aromatic heterocycles. The van der Waals surface area contributed by atoms with Crippen LogP contribution in [-0.2, 0) is 28.4 Å². The van der Waals surface area contributed by atoms with Crippen LogP contribution in [0.3, 0.4) is 0 Å². The number of carbonyl (C=O) groups is 1. The summed E-state index contributed by atoms with van der Waals surface area (Å²) in [6.07, 6.45) is -2.38. The Morgan fingerprint density at radius 2 is 1.77 bits per heavy atom. The standard InChI is InChI=1S/C19H32N2O8S/c1-17(2,3)29-16(23)21(6)15-20-11-13-12(10(9-22)26-14(11)30-15)27-18(4,24-7)19(5,25-8)28-13/h10-14,22H,9H2,1-8H3/t10-,11-,12-,13-,14-,18+,19+/m1/s1. The molecule has 3 aliphatic rings. The summed E-state index contributed by atoms with van der Waals surface area (Å²) in [5.41, 5.74) is -1.09. The van der Waals surface area contributed by atoms with Crippen molar-refractivity contribution in [2.24, 2.45) is 4.99 Å². The van der Waals surface area contributed by atoms with Crippen molar-refractivity contribution in [3.63, 3.8) is 0 Å². The third kappa shape index (κ3) is 4.08. The number of aliphatic hydroxyl groups excluding tert-OH is 1. The summed E-state index contributed by atoms with van der Waals surface area (Å²) in [4.78, 5) is 18.5. The fourth-order valence-electron chi connectivity index (χ4n) is 3.59. The molecule has 10 nitrogen and oxygen atoms in total. The molecule has 0 bridgehead atoms. The minimum atomic E-state index is -1.22. The molecule has 3 aliphatic heterocycles. The first kappa shape index (κ1) is 23.7. The molecule has 2 saturated heterocycles. The van der Waals surface area contributed by atoms with Crippen LogP contribution < -0.4 is 0 Å². The Kier molecular flexibility index (Phi) is 6.47. The second-order valence-electron chi connectivity index (χ2n) is 8.75. The van der Waals surface area contributed by atoms with Gasteiger partial charge in [0.25, 0.3) is 0 Å². The number of nitrogens with zero attached hydrogens (tertiary/aromatic N) is 2. The second kappa shape index (κ2) is 8.19. The predicted molar refractivity (Wildman–Crippen MR) is 109 cm³/mol. The maximum atomic E-state index is 12.5. The van der Waals surface area contributed by atoms with Gasteiger partial charge in [-0.15, -0.1) is 0 Å². The number of hydrogen-bond acceptors (Lipinski definition) is 10. The molecule has 3 heterocycles. The molecule has 11 heteroatoms. The number of amides is 1. The predicted octanol–water partition coefficient (Wildman–Crippen LogP) is 1.55. The van der Waals surface area contributed by atoms with Gasteiger partial charge in [-0.1, -0.05) is 11.8 Å². The minimum absolute atomic E-state index is 0.269. The largest absolute Gasteiger partial charge is 0.443 e. The molecule has 7 atom stereocenters. The molecule has 0 saturated carbocycles. The first-order valence-electron chi connectivity index (χ1n) is 9.81. The molecule has 1 amide bonds. The van der Waals surface area contributed by atoms with Crippen LogP contribution in [0.4, 0.5) is 4.79 Å². The van der Waals surface area contributed by atoms with Crippen LogP contribution in [0.25, 0.3) is 0 Å². The Morgan fingerprint density at radius 3 is 2.27 bits per heavy atom. The molecule has 0 aromatic rings. The van der Waals surface area contributed by atoms with E-state index < -0.39 is 53.1 Å². The van der Waals surface area contributed by atoms with E-state index in [1.54, 1.807) is 41.7 Å². The Morgan fingerprint density at radius 1 is 1.20 bits per heavy atom. The van der Waals surface area contributed by atoms with Crippen molar-refractivity contribution in [3.05, 3.63) is 0 Å². The number of ether oxygens (including phenoxy) is 6. The first-order chi connectivity index (χ1) is 13.9. The summed E-state index contributed by atoms with van der Waals surface area (Å²) in [6.45, 7) is 8.56. The number of aliphatic imine (C=N–C) groups is 1. The highest BCUT2D eigenvalue weighted by atomic mass is 32.2. The lowest BCUT2D eigenvalue weighted by Crippen LogP contribution is -2.72. The summed E-state index contributed by atoms with van der Waals surface area (Å²) in [7, 11) is 4.60. The number of rotatable bonds is 3. The van der Waals surface area contributed by atoms with Crippen LogP contribution in [0.5, 0.6) is 0 Å². The van der Waals surface area contributed by atoms with Crippen molar-refractivity contribution >= 4 is 23.0 Å². The number of thioether (sulfide) groups is 1. The fraction of sp³-hybridized carbons (Fsp3) is 0.895. The highest BCUT2D eigenvalue weighted by Gasteiger charge is 2.63. The van der Waals surface area contributed by atoms with Gasteiger partial charge < -0.3 is 33.5 Å². The SMILES string of the molecule is CO[C@@]1(C)O[C@@H]2[C@H]3N=C(N(C)C(=O)OC(C)(C)C)S[C@H]3O[C@H](CO)[C@H]2O[C@]1(C)OC. The van der Waals surface area contributed by atoms with E-state index in [9.17, 15) is 9.90 Å². The van der Waals surface area contributed by atoms with E-state index in [-0.39, 0.29) is 6.61 Å². The van der Waals surface area contributed by atoms with Gasteiger partial charge in [-0.05, 0) is 34.6 Å². The van der Waals surface area contributed by atoms with Gasteiger partial charge in [-0.3, -0.25) is 9.89 Å². The zero-order valence-corrected chi connectivity index (χ0v) is 19.5. The zero-order valence-electron chi connectivity index (χ0n) is 18.7. The summed E-state index contributed by atoms with van der Waals surface area (Å²) >= 11 is 1.28. The number of amidine groups is 1. The van der Waals surface area contributed by atoms with Gasteiger partial charge in [0.2, 0.25) is 11.6 Å². The van der Waals surface area contributed by atoms with E-state index in [0.29, 0.717) is 5.17 Å². The maximum Gasteiger partial charge on any atom is 0.416 e. The molecule has 172 valence electrons. The van der Waals surface area contributed by atoms with Gasteiger partial charge >= 0.3 is 6.09 Å². The minimum Gasteiger partial charge on any atom is -0.443 e. The van der Waals surface area contributed by atoms with E-state index in [1.807, 2.05) is 0 Å². The number of aliphatic hydroxyl groups is 1. The average molecular weight is 449 g/mol. The average Bonchev–Trinajstić information content (AvgIpc) is 3.10. The second-order valence-corrected chi connectivity index (χ2v) is 9.82. The molecule has 0 radical (unpaired) electrons. The van der Waals surface area contributed by atoms with E-state index in [2.05, 4.69) is 4.99 Å². The van der Waals surface area contributed by atoms with Crippen molar-refractivity contribution in [1.29, 1.82) is 0 Å². The highest BCUT2D eigenvalue weighted by molar-refractivity contribution is 8.14. The normalized spacial score (nSPS) is 41.0. The molecular weight excluding hydrogens is 416 g/mol. The quantitative estimate of drug-likeness (QED) is 0.688. The Labute approximate surface area is 181 Å². The van der Waals surface area contributed by atoms with Crippen molar-refractivity contribution in [2.75, 3.05) is 27.9 Å². The monoisotopic (exact) mass is 448 g/mol. The Bertz CT molecular complexity index is 701. The summed E-state index contributed by atoms with van der Waals surface area (Å²) in [5.74, 6) is -2.44. The molecule has 1 N–H and O–H groups in total. The Hall–Kier alpha value is -0.950. The van der Waals surface area contributed by atoms with Gasteiger partial charge in [-0.2, -0.15) is 0 Å². The summed E-state index contributed by atoms with van der Waals surface area (Å²) < 4.78 is 35.2. The van der Waals surface area contributed by atoms with E-state index in [4.69, 9.17) is 28.4 Å². The first-order valence-corrected chi connectivity index (χ1v) is 10.7. The smallest absolute Gasteiger partial charge is 0.416 e. The molecule has 0 aliphatic carbocycles. The van der Waals surface area contributed by atoms with Crippen LogP contribution in [0.1, 0.15) is 34.6 Å². The van der Waals surface area contributed by atoms with E-state index >= 15 is 0 Å². The van der Waals surface area contributed by atoms with Gasteiger partial charge in [0.1, 0.15) is 35.4 Å². The lowest BCUT2D eigenvalue weighted by Gasteiger charge is -2.56. The molecule has 0 unspecified atom stereocenters. The lowest BCUT2D eigenvalue weighted by atomic mass is 9.93. The van der Waals surface area contributed by atoms with Gasteiger partial charge in [0.05, 0.1) is 6.61 Å². The van der Waals surface area contributed by atoms with Gasteiger partial charge in [0.15, 0.2) is 5.17 Å². The maximum absolute atomic E-state index is 12.5. The van der Waals surface area contributed by atoms with E-state index in [1.165, 1.54) is 30.9 Å². The molecule has 3 rings (SSSR count). The molecule has 2 fully saturated rings. The third-order valence-electron chi connectivity index (χ3n) is 5.56. The lowest BCUT2D eigenvalue weighted by molar-refractivity contribution is -0.463. The molecule has 0 aromatic carbocycles. The molecule has 0 spiro atoms. The van der Waals surface area contributed by atoms with Crippen LogP contribution in [0.15, 0.2) is 4.99 Å². The van der Waals surface area contributed by atoms with E-state index in [0.717, 1.165) is 0 Å². The van der Waals surface area contributed by atoms with Crippen LogP contribution >= 0.6 is 11.8 Å². The molecule has 30 heavy (non-hydrogen) atoms. The van der Waals surface area contributed by atoms with Crippen molar-refractivity contribution in [1.82, 2.24) is 4.90 Å². The van der Waals surface area contributed by atoms with Crippen LogP contribution in [0.2, 0.25) is 0 Å². The number of hydrogen-bond donors (Lipinski definition) is 1. The van der Waals surface area contributed by atoms with Gasteiger partial charge in [0, 0.05) is 21.3 Å². The number of carbonyl (C=O) groups excluding carboxylic acids is 1. The van der Waals surface area contributed by atoms with Crippen molar-refractivity contribution in [2.45, 2.75) is 81.6 Å². The van der Waals surface area contributed by atoms with Crippen molar-refractivity contribution < 1.29 is 38.3 Å². The Balaban J connectivity index is 1.87. The van der Waals surface area contributed by atoms with Gasteiger partial charge in [-0.25, -0.2) is 4.79 Å². The van der Waals surface area contributed by atoms with Crippen molar-refractivity contribution in [3.8, 4) is 0 Å². The number of fused-ring (bicyclic) bond motifs is 3. The molecular formula is C19H32N2O8S. The van der Waals surface area contributed by atoms with Crippen LogP contribution in [-0.4, -0.2) is 96.1 Å².